The van der Waals surface area contributed by atoms with Crippen LogP contribution in [0.3, 0.4) is 0 Å². The Morgan fingerprint density at radius 2 is 2.14 bits per heavy atom. The molecule has 0 radical (unpaired) electrons. The number of aliphatic hydroxyl groups excluding tert-OH is 1. The molecule has 2 N–H and O–H groups in total. The fraction of sp³-hybridized carbons (Fsp3) is 0.533. The zero-order chi connectivity index (χ0) is 15.2. The lowest BCUT2D eigenvalue weighted by Gasteiger charge is -2.27. The van der Waals surface area contributed by atoms with Crippen LogP contribution in [0.4, 0.5) is 5.69 Å². The molecule has 0 heterocycles. The molecule has 2 unspecified atom stereocenters. The first-order chi connectivity index (χ1) is 10.1. The Hall–Kier alpha value is -1.95. The van der Waals surface area contributed by atoms with E-state index in [4.69, 9.17) is 0 Å². The number of carbonyl (C=O) groups excluding carboxylic acids is 1. The minimum Gasteiger partial charge on any atom is -0.393 e. The van der Waals surface area contributed by atoms with E-state index >= 15 is 0 Å². The Bertz CT molecular complexity index is 518. The van der Waals surface area contributed by atoms with E-state index in [1.165, 1.54) is 12.1 Å². The molecule has 0 bridgehead atoms. The van der Waals surface area contributed by atoms with Gasteiger partial charge in [-0.15, -0.1) is 0 Å². The standard InChI is InChI=1S/C15H20N2O4/c18-14-7-2-1-5-12(14)10-16-15(19)9-11-4-3-6-13(8-11)17(20)21/h3-4,6,8,12,14,18H,1-2,5,7,9-10H2,(H,16,19). The minimum atomic E-state index is -0.472. The third kappa shape index (κ3) is 4.53. The van der Waals surface area contributed by atoms with Crippen LogP contribution in [0.2, 0.25) is 0 Å². The number of nitrogens with one attached hydrogen (secondary N) is 1. The highest BCUT2D eigenvalue weighted by molar-refractivity contribution is 5.78. The van der Waals surface area contributed by atoms with Crippen molar-refractivity contribution in [3.8, 4) is 0 Å². The second kappa shape index (κ2) is 7.17. The van der Waals surface area contributed by atoms with Crippen molar-refractivity contribution in [3.63, 3.8) is 0 Å². The molecule has 2 rings (SSSR count). The number of nitro groups is 1. The zero-order valence-corrected chi connectivity index (χ0v) is 11.8. The number of rotatable bonds is 5. The maximum absolute atomic E-state index is 11.9. The number of aliphatic hydroxyl groups is 1. The molecule has 1 fully saturated rings. The van der Waals surface area contributed by atoms with Gasteiger partial charge in [0, 0.05) is 24.6 Å². The van der Waals surface area contributed by atoms with E-state index < -0.39 is 4.92 Å². The van der Waals surface area contributed by atoms with Gasteiger partial charge in [0.1, 0.15) is 0 Å². The topological polar surface area (TPSA) is 92.5 Å². The summed E-state index contributed by atoms with van der Waals surface area (Å²) < 4.78 is 0. The number of hydrogen-bond acceptors (Lipinski definition) is 4. The second-order valence-corrected chi connectivity index (χ2v) is 5.52. The Kier molecular flexibility index (Phi) is 5.27. The number of carbonyl (C=O) groups is 1. The molecule has 6 nitrogen and oxygen atoms in total. The molecule has 21 heavy (non-hydrogen) atoms. The van der Waals surface area contributed by atoms with Gasteiger partial charge in [0.25, 0.3) is 5.69 Å². The van der Waals surface area contributed by atoms with Crippen LogP contribution in [0.5, 0.6) is 0 Å². The van der Waals surface area contributed by atoms with Gasteiger partial charge >= 0.3 is 0 Å². The van der Waals surface area contributed by atoms with E-state index in [-0.39, 0.29) is 30.0 Å². The molecule has 0 spiro atoms. The third-order valence-electron chi connectivity index (χ3n) is 3.92. The van der Waals surface area contributed by atoms with Gasteiger partial charge in [-0.25, -0.2) is 0 Å². The monoisotopic (exact) mass is 292 g/mol. The van der Waals surface area contributed by atoms with Gasteiger partial charge in [0.15, 0.2) is 0 Å². The lowest BCUT2D eigenvalue weighted by molar-refractivity contribution is -0.384. The summed E-state index contributed by atoms with van der Waals surface area (Å²) in [5, 5.41) is 23.3. The molecule has 114 valence electrons. The maximum Gasteiger partial charge on any atom is 0.269 e. The van der Waals surface area contributed by atoms with Crippen LogP contribution in [-0.4, -0.2) is 28.6 Å². The average molecular weight is 292 g/mol. The third-order valence-corrected chi connectivity index (χ3v) is 3.92. The van der Waals surface area contributed by atoms with Crippen LogP contribution in [-0.2, 0) is 11.2 Å². The Balaban J connectivity index is 1.84. The number of amides is 1. The number of benzene rings is 1. The number of nitro benzene ring substituents is 1. The summed E-state index contributed by atoms with van der Waals surface area (Å²) >= 11 is 0. The summed E-state index contributed by atoms with van der Waals surface area (Å²) in [4.78, 5) is 22.1. The first-order valence-electron chi connectivity index (χ1n) is 7.24. The van der Waals surface area contributed by atoms with Gasteiger partial charge in [0.05, 0.1) is 17.4 Å². The summed E-state index contributed by atoms with van der Waals surface area (Å²) in [6, 6.07) is 6.09. The quantitative estimate of drug-likeness (QED) is 0.639. The molecule has 1 aliphatic carbocycles. The van der Waals surface area contributed by atoms with Crippen molar-refractivity contribution in [1.29, 1.82) is 0 Å². The first kappa shape index (κ1) is 15.4. The molecule has 0 saturated heterocycles. The number of nitrogens with zero attached hydrogens (tertiary/aromatic N) is 1. The van der Waals surface area contributed by atoms with E-state index in [9.17, 15) is 20.0 Å². The van der Waals surface area contributed by atoms with Crippen molar-refractivity contribution < 1.29 is 14.8 Å². The van der Waals surface area contributed by atoms with Crippen molar-refractivity contribution in [2.75, 3.05) is 6.54 Å². The second-order valence-electron chi connectivity index (χ2n) is 5.52. The molecule has 1 aromatic rings. The normalized spacial score (nSPS) is 21.8. The maximum atomic E-state index is 11.9. The molecular weight excluding hydrogens is 272 g/mol. The summed E-state index contributed by atoms with van der Waals surface area (Å²) in [6.45, 7) is 0.467. The molecule has 1 amide bonds. The van der Waals surface area contributed by atoms with E-state index in [0.717, 1.165) is 25.7 Å². The molecule has 1 aromatic carbocycles. The zero-order valence-electron chi connectivity index (χ0n) is 11.8. The highest BCUT2D eigenvalue weighted by Crippen LogP contribution is 2.23. The van der Waals surface area contributed by atoms with Crippen molar-refractivity contribution in [3.05, 3.63) is 39.9 Å². The SMILES string of the molecule is O=C(Cc1cccc([N+](=O)[O-])c1)NCC1CCCCC1O. The predicted molar refractivity (Wildman–Crippen MR) is 77.8 cm³/mol. The summed E-state index contributed by atoms with van der Waals surface area (Å²) in [7, 11) is 0. The lowest BCUT2D eigenvalue weighted by atomic mass is 9.86. The van der Waals surface area contributed by atoms with E-state index in [1.807, 2.05) is 0 Å². The predicted octanol–water partition coefficient (Wildman–Crippen LogP) is 1.80. The van der Waals surface area contributed by atoms with Gasteiger partial charge in [-0.3, -0.25) is 14.9 Å². The lowest BCUT2D eigenvalue weighted by Crippen LogP contribution is -2.37. The first-order valence-corrected chi connectivity index (χ1v) is 7.24. The largest absolute Gasteiger partial charge is 0.393 e. The molecule has 1 saturated carbocycles. The highest BCUT2D eigenvalue weighted by Gasteiger charge is 2.23. The smallest absolute Gasteiger partial charge is 0.269 e. The molecule has 0 aromatic heterocycles. The van der Waals surface area contributed by atoms with Crippen molar-refractivity contribution >= 4 is 11.6 Å². The number of non-ortho nitro benzene ring substituents is 1. The van der Waals surface area contributed by atoms with Crippen LogP contribution in [0.25, 0.3) is 0 Å². The van der Waals surface area contributed by atoms with Crippen LogP contribution < -0.4 is 5.32 Å². The van der Waals surface area contributed by atoms with Crippen molar-refractivity contribution in [2.45, 2.75) is 38.2 Å². The molecular formula is C15H20N2O4. The fourth-order valence-electron chi connectivity index (χ4n) is 2.70. The Morgan fingerprint density at radius 3 is 2.86 bits per heavy atom. The number of hydrogen-bond donors (Lipinski definition) is 2. The Labute approximate surface area is 123 Å². The van der Waals surface area contributed by atoms with Crippen LogP contribution >= 0.6 is 0 Å². The van der Waals surface area contributed by atoms with E-state index in [2.05, 4.69) is 5.32 Å². The van der Waals surface area contributed by atoms with Crippen molar-refractivity contribution in [2.24, 2.45) is 5.92 Å². The molecule has 6 heteroatoms. The van der Waals surface area contributed by atoms with Gasteiger partial charge in [-0.1, -0.05) is 25.0 Å². The van der Waals surface area contributed by atoms with Crippen molar-refractivity contribution in [1.82, 2.24) is 5.32 Å². The average Bonchev–Trinajstić information content (AvgIpc) is 2.46. The van der Waals surface area contributed by atoms with E-state index in [1.54, 1.807) is 12.1 Å². The van der Waals surface area contributed by atoms with Crippen LogP contribution in [0, 0.1) is 16.0 Å². The van der Waals surface area contributed by atoms with Gasteiger partial charge in [0.2, 0.25) is 5.91 Å². The molecule has 1 aliphatic rings. The van der Waals surface area contributed by atoms with E-state index in [0.29, 0.717) is 12.1 Å². The molecule has 2 atom stereocenters. The summed E-state index contributed by atoms with van der Waals surface area (Å²) in [6.07, 6.45) is 3.63. The highest BCUT2D eigenvalue weighted by atomic mass is 16.6. The van der Waals surface area contributed by atoms with Gasteiger partial charge in [-0.05, 0) is 18.4 Å². The Morgan fingerprint density at radius 1 is 1.38 bits per heavy atom. The van der Waals surface area contributed by atoms with Gasteiger partial charge in [-0.2, -0.15) is 0 Å². The van der Waals surface area contributed by atoms with Crippen LogP contribution in [0.1, 0.15) is 31.2 Å². The fourth-order valence-corrected chi connectivity index (χ4v) is 2.70. The van der Waals surface area contributed by atoms with Gasteiger partial charge < -0.3 is 10.4 Å². The molecule has 0 aliphatic heterocycles. The minimum absolute atomic E-state index is 0.0111. The summed E-state index contributed by atoms with van der Waals surface area (Å²) in [5.41, 5.74) is 0.605. The summed E-state index contributed by atoms with van der Waals surface area (Å²) in [5.74, 6) is -0.0546. The van der Waals surface area contributed by atoms with Crippen LogP contribution in [0.15, 0.2) is 24.3 Å².